The van der Waals surface area contributed by atoms with Gasteiger partial charge in [-0.2, -0.15) is 0 Å². The van der Waals surface area contributed by atoms with Gasteiger partial charge in [0.1, 0.15) is 11.5 Å². The first-order valence-corrected chi connectivity index (χ1v) is 6.72. The van der Waals surface area contributed by atoms with Crippen LogP contribution in [-0.4, -0.2) is 20.0 Å². The van der Waals surface area contributed by atoms with Crippen molar-refractivity contribution < 1.29 is 14.3 Å². The predicted molar refractivity (Wildman–Crippen MR) is 84.4 cm³/mol. The van der Waals surface area contributed by atoms with E-state index >= 15 is 0 Å². The number of benzene rings is 2. The second kappa shape index (κ2) is 6.95. The van der Waals surface area contributed by atoms with Gasteiger partial charge >= 0.3 is 0 Å². The topological polar surface area (TPSA) is 35.5 Å². The summed E-state index contributed by atoms with van der Waals surface area (Å²) in [6.45, 7) is 0. The third-order valence-corrected chi connectivity index (χ3v) is 3.20. The first kappa shape index (κ1) is 15.1. The molecule has 3 nitrogen and oxygen atoms in total. The van der Waals surface area contributed by atoms with Gasteiger partial charge < -0.3 is 9.47 Å². The smallest absolute Gasteiger partial charge is 0.185 e. The summed E-state index contributed by atoms with van der Waals surface area (Å²) in [4.78, 5) is 12.1. The minimum atomic E-state index is -0.115. The van der Waals surface area contributed by atoms with Crippen LogP contribution in [0.2, 0.25) is 5.02 Å². The molecule has 21 heavy (non-hydrogen) atoms. The fourth-order valence-electron chi connectivity index (χ4n) is 1.86. The van der Waals surface area contributed by atoms with Crippen molar-refractivity contribution in [2.45, 2.75) is 0 Å². The third kappa shape index (κ3) is 3.86. The minimum absolute atomic E-state index is 0.115. The van der Waals surface area contributed by atoms with E-state index in [2.05, 4.69) is 0 Å². The van der Waals surface area contributed by atoms with Crippen LogP contribution in [0.25, 0.3) is 6.08 Å². The van der Waals surface area contributed by atoms with E-state index in [4.69, 9.17) is 21.1 Å². The zero-order valence-corrected chi connectivity index (χ0v) is 12.6. The number of hydrogen-bond donors (Lipinski definition) is 0. The van der Waals surface area contributed by atoms with E-state index in [9.17, 15) is 4.79 Å². The molecule has 0 aliphatic heterocycles. The summed E-state index contributed by atoms with van der Waals surface area (Å²) >= 11 is 5.88. The van der Waals surface area contributed by atoms with Crippen molar-refractivity contribution in [3.63, 3.8) is 0 Å². The lowest BCUT2D eigenvalue weighted by molar-refractivity contribution is 0.104. The highest BCUT2D eigenvalue weighted by molar-refractivity contribution is 6.31. The van der Waals surface area contributed by atoms with Crippen LogP contribution in [0, 0.1) is 0 Å². The Morgan fingerprint density at radius 1 is 1.10 bits per heavy atom. The van der Waals surface area contributed by atoms with Crippen LogP contribution in [0.4, 0.5) is 0 Å². The molecule has 0 fully saturated rings. The molecule has 0 spiro atoms. The van der Waals surface area contributed by atoms with Crippen molar-refractivity contribution in [2.75, 3.05) is 14.2 Å². The lowest BCUT2D eigenvalue weighted by Crippen LogP contribution is -1.94. The summed E-state index contributed by atoms with van der Waals surface area (Å²) in [5.74, 6) is 1.23. The molecule has 0 atom stereocenters. The molecular weight excluding hydrogens is 288 g/mol. The van der Waals surface area contributed by atoms with Gasteiger partial charge in [0.05, 0.1) is 14.2 Å². The fourth-order valence-corrected chi connectivity index (χ4v) is 2.05. The second-order valence-electron chi connectivity index (χ2n) is 4.32. The number of methoxy groups -OCH3 is 2. The number of allylic oxidation sites excluding steroid dienone is 1. The van der Waals surface area contributed by atoms with Crippen LogP contribution < -0.4 is 9.47 Å². The average molecular weight is 303 g/mol. The number of halogens is 1. The van der Waals surface area contributed by atoms with E-state index in [-0.39, 0.29) is 5.78 Å². The Hall–Kier alpha value is -2.26. The molecule has 0 radical (unpaired) electrons. The van der Waals surface area contributed by atoms with Crippen LogP contribution in [0.1, 0.15) is 15.9 Å². The number of ether oxygens (including phenoxy) is 2. The minimum Gasteiger partial charge on any atom is -0.497 e. The molecule has 2 aromatic rings. The summed E-state index contributed by atoms with van der Waals surface area (Å²) in [5.41, 5.74) is 1.35. The maximum Gasteiger partial charge on any atom is 0.185 e. The van der Waals surface area contributed by atoms with E-state index in [1.807, 2.05) is 12.1 Å². The standard InChI is InChI=1S/C17H15ClO3/c1-20-15-8-6-12(17(11-15)21-2)7-9-16(19)13-4-3-5-14(18)10-13/h3-11H,1-2H3/b9-7+. The molecule has 4 heteroatoms. The lowest BCUT2D eigenvalue weighted by atomic mass is 10.1. The molecule has 0 saturated carbocycles. The number of ketones is 1. The van der Waals surface area contributed by atoms with Crippen molar-refractivity contribution in [2.24, 2.45) is 0 Å². The summed E-state index contributed by atoms with van der Waals surface area (Å²) in [6, 6.07) is 12.3. The monoisotopic (exact) mass is 302 g/mol. The fraction of sp³-hybridized carbons (Fsp3) is 0.118. The number of hydrogen-bond acceptors (Lipinski definition) is 3. The van der Waals surface area contributed by atoms with Crippen LogP contribution in [0.5, 0.6) is 11.5 Å². The number of rotatable bonds is 5. The normalized spacial score (nSPS) is 10.6. The zero-order valence-electron chi connectivity index (χ0n) is 11.8. The first-order valence-electron chi connectivity index (χ1n) is 6.34. The molecule has 0 saturated heterocycles. The van der Waals surface area contributed by atoms with E-state index in [0.717, 1.165) is 5.56 Å². The third-order valence-electron chi connectivity index (χ3n) is 2.96. The molecular formula is C17H15ClO3. The molecule has 0 heterocycles. The zero-order chi connectivity index (χ0) is 15.2. The number of carbonyl (C=O) groups excluding carboxylic acids is 1. The molecule has 0 unspecified atom stereocenters. The quantitative estimate of drug-likeness (QED) is 0.612. The Balaban J connectivity index is 2.23. The van der Waals surface area contributed by atoms with Gasteiger partial charge in [0.25, 0.3) is 0 Å². The van der Waals surface area contributed by atoms with Gasteiger partial charge in [-0.15, -0.1) is 0 Å². The second-order valence-corrected chi connectivity index (χ2v) is 4.75. The highest BCUT2D eigenvalue weighted by atomic mass is 35.5. The summed E-state index contributed by atoms with van der Waals surface area (Å²) < 4.78 is 10.4. The number of carbonyl (C=O) groups is 1. The van der Waals surface area contributed by atoms with Crippen molar-refractivity contribution in [1.29, 1.82) is 0 Å². The van der Waals surface area contributed by atoms with Gasteiger partial charge in [-0.05, 0) is 36.4 Å². The summed E-state index contributed by atoms with van der Waals surface area (Å²) in [5, 5.41) is 0.538. The van der Waals surface area contributed by atoms with E-state index < -0.39 is 0 Å². The molecule has 0 aromatic heterocycles. The van der Waals surface area contributed by atoms with Crippen molar-refractivity contribution >= 4 is 23.5 Å². The van der Waals surface area contributed by atoms with Gasteiger partial charge in [-0.3, -0.25) is 4.79 Å². The maximum atomic E-state index is 12.1. The largest absolute Gasteiger partial charge is 0.497 e. The molecule has 0 N–H and O–H groups in total. The Kier molecular flexibility index (Phi) is 5.01. The van der Waals surface area contributed by atoms with E-state index in [0.29, 0.717) is 22.1 Å². The van der Waals surface area contributed by atoms with Gasteiger partial charge in [0, 0.05) is 22.2 Å². The van der Waals surface area contributed by atoms with Crippen LogP contribution in [0.3, 0.4) is 0 Å². The van der Waals surface area contributed by atoms with Crippen LogP contribution in [-0.2, 0) is 0 Å². The summed E-state index contributed by atoms with van der Waals surface area (Å²) in [6.07, 6.45) is 3.21. The highest BCUT2D eigenvalue weighted by Crippen LogP contribution is 2.25. The first-order chi connectivity index (χ1) is 10.1. The molecule has 0 aliphatic carbocycles. The Labute approximate surface area is 128 Å². The highest BCUT2D eigenvalue weighted by Gasteiger charge is 2.05. The molecule has 0 aliphatic rings. The van der Waals surface area contributed by atoms with Gasteiger partial charge in [-0.25, -0.2) is 0 Å². The van der Waals surface area contributed by atoms with Gasteiger partial charge in [0.2, 0.25) is 0 Å². The SMILES string of the molecule is COc1ccc(/C=C/C(=O)c2cccc(Cl)c2)c(OC)c1. The predicted octanol–water partition coefficient (Wildman–Crippen LogP) is 4.25. The maximum absolute atomic E-state index is 12.1. The molecule has 108 valence electrons. The van der Waals surface area contributed by atoms with Crippen molar-refractivity contribution in [3.8, 4) is 11.5 Å². The van der Waals surface area contributed by atoms with Gasteiger partial charge in [0.15, 0.2) is 5.78 Å². The Morgan fingerprint density at radius 3 is 2.57 bits per heavy atom. The molecule has 0 bridgehead atoms. The van der Waals surface area contributed by atoms with E-state index in [1.54, 1.807) is 50.6 Å². The molecule has 2 rings (SSSR count). The Bertz CT molecular complexity index is 677. The average Bonchev–Trinajstić information content (AvgIpc) is 2.52. The van der Waals surface area contributed by atoms with Crippen molar-refractivity contribution in [1.82, 2.24) is 0 Å². The summed E-state index contributed by atoms with van der Waals surface area (Å²) in [7, 11) is 3.16. The van der Waals surface area contributed by atoms with Crippen molar-refractivity contribution in [3.05, 3.63) is 64.7 Å². The van der Waals surface area contributed by atoms with Gasteiger partial charge in [-0.1, -0.05) is 23.7 Å². The lowest BCUT2D eigenvalue weighted by Gasteiger charge is -2.07. The van der Waals surface area contributed by atoms with Crippen LogP contribution in [0.15, 0.2) is 48.5 Å². The molecule has 2 aromatic carbocycles. The van der Waals surface area contributed by atoms with E-state index in [1.165, 1.54) is 6.08 Å². The van der Waals surface area contributed by atoms with Crippen LogP contribution >= 0.6 is 11.6 Å². The molecule has 0 amide bonds. The Morgan fingerprint density at radius 2 is 1.90 bits per heavy atom.